The van der Waals surface area contributed by atoms with Gasteiger partial charge in [-0.15, -0.1) is 0 Å². The van der Waals surface area contributed by atoms with Crippen LogP contribution in [0.3, 0.4) is 0 Å². The summed E-state index contributed by atoms with van der Waals surface area (Å²) in [5.74, 6) is -1.82. The smallest absolute Gasteiger partial charge is 0.182 e. The molecule has 0 radical (unpaired) electrons. The second-order valence-corrected chi connectivity index (χ2v) is 3.00. The molecule has 0 fully saturated rings. The van der Waals surface area contributed by atoms with Crippen molar-refractivity contribution in [3.63, 3.8) is 0 Å². The summed E-state index contributed by atoms with van der Waals surface area (Å²) in [5.41, 5.74) is 6.16. The number of nitrogen functional groups attached to an aromatic ring is 1. The molecule has 76 valence electrons. The third-order valence-corrected chi connectivity index (χ3v) is 2.19. The molecule has 3 heteroatoms. The first-order valence-corrected chi connectivity index (χ1v) is 4.50. The Morgan fingerprint density at radius 2 is 2.00 bits per heavy atom. The van der Waals surface area contributed by atoms with E-state index in [0.717, 1.165) is 5.57 Å². The largest absolute Gasteiger partial charge is 0.396 e. The van der Waals surface area contributed by atoms with Crippen LogP contribution in [0.4, 0.5) is 14.5 Å². The van der Waals surface area contributed by atoms with Gasteiger partial charge in [0.05, 0.1) is 5.69 Å². The van der Waals surface area contributed by atoms with E-state index >= 15 is 0 Å². The lowest BCUT2D eigenvalue weighted by Gasteiger charge is -2.07. The van der Waals surface area contributed by atoms with E-state index in [1.807, 2.05) is 6.92 Å². The van der Waals surface area contributed by atoms with Gasteiger partial charge < -0.3 is 5.73 Å². The summed E-state index contributed by atoms with van der Waals surface area (Å²) in [4.78, 5) is 0. The Kier molecular flexibility index (Phi) is 3.23. The van der Waals surface area contributed by atoms with Crippen LogP contribution < -0.4 is 5.73 Å². The molecule has 2 N–H and O–H groups in total. The van der Waals surface area contributed by atoms with Gasteiger partial charge in [-0.3, -0.25) is 0 Å². The minimum atomic E-state index is -0.963. The minimum Gasteiger partial charge on any atom is -0.396 e. The molecule has 0 atom stereocenters. The molecule has 0 aliphatic carbocycles. The highest BCUT2D eigenvalue weighted by Crippen LogP contribution is 2.25. The van der Waals surface area contributed by atoms with E-state index in [9.17, 15) is 8.78 Å². The maximum absolute atomic E-state index is 13.4. The van der Waals surface area contributed by atoms with E-state index in [2.05, 4.69) is 0 Å². The number of nitrogens with two attached hydrogens (primary N) is 1. The predicted molar refractivity (Wildman–Crippen MR) is 54.7 cm³/mol. The molecule has 1 aromatic carbocycles. The molecule has 0 aliphatic heterocycles. The van der Waals surface area contributed by atoms with Gasteiger partial charge in [0.15, 0.2) is 11.6 Å². The van der Waals surface area contributed by atoms with E-state index < -0.39 is 11.6 Å². The Morgan fingerprint density at radius 1 is 1.36 bits per heavy atom. The van der Waals surface area contributed by atoms with Gasteiger partial charge in [-0.1, -0.05) is 13.0 Å². The molecule has 0 saturated carbocycles. The summed E-state index contributed by atoms with van der Waals surface area (Å²) < 4.78 is 26.5. The first-order chi connectivity index (χ1) is 6.61. The number of halogens is 2. The lowest BCUT2D eigenvalue weighted by molar-refractivity contribution is 0.509. The third-order valence-electron chi connectivity index (χ3n) is 2.19. The molecule has 14 heavy (non-hydrogen) atoms. The van der Waals surface area contributed by atoms with E-state index in [1.165, 1.54) is 12.1 Å². The number of hydrogen-bond donors (Lipinski definition) is 1. The monoisotopic (exact) mass is 197 g/mol. The molecule has 0 amide bonds. The maximum Gasteiger partial charge on any atom is 0.182 e. The van der Waals surface area contributed by atoms with Crippen LogP contribution in [-0.4, -0.2) is 0 Å². The molecular formula is C11H13F2N. The summed E-state index contributed by atoms with van der Waals surface area (Å²) in [6.45, 7) is 3.69. The van der Waals surface area contributed by atoms with Gasteiger partial charge in [0.1, 0.15) is 0 Å². The first kappa shape index (κ1) is 10.7. The summed E-state index contributed by atoms with van der Waals surface area (Å²) >= 11 is 0. The highest BCUT2D eigenvalue weighted by atomic mass is 19.2. The molecule has 0 unspecified atom stereocenters. The second-order valence-electron chi connectivity index (χ2n) is 3.00. The zero-order chi connectivity index (χ0) is 10.7. The molecule has 0 spiro atoms. The summed E-state index contributed by atoms with van der Waals surface area (Å²) in [6.07, 6.45) is 2.44. The third kappa shape index (κ3) is 1.76. The zero-order valence-corrected chi connectivity index (χ0v) is 8.27. The fourth-order valence-corrected chi connectivity index (χ4v) is 1.36. The number of anilines is 1. The van der Waals surface area contributed by atoms with Crippen LogP contribution >= 0.6 is 0 Å². The zero-order valence-electron chi connectivity index (χ0n) is 8.27. The molecule has 0 saturated heterocycles. The van der Waals surface area contributed by atoms with Gasteiger partial charge in [-0.05, 0) is 31.1 Å². The average molecular weight is 197 g/mol. The van der Waals surface area contributed by atoms with Crippen molar-refractivity contribution in [2.24, 2.45) is 0 Å². The van der Waals surface area contributed by atoms with Crippen LogP contribution in [0.2, 0.25) is 0 Å². The summed E-state index contributed by atoms with van der Waals surface area (Å²) in [7, 11) is 0. The van der Waals surface area contributed by atoms with Crippen molar-refractivity contribution < 1.29 is 8.78 Å². The molecule has 0 heterocycles. The fourth-order valence-electron chi connectivity index (χ4n) is 1.36. The Morgan fingerprint density at radius 3 is 2.50 bits per heavy atom. The number of hydrogen-bond acceptors (Lipinski definition) is 1. The van der Waals surface area contributed by atoms with E-state index in [1.54, 1.807) is 13.0 Å². The topological polar surface area (TPSA) is 26.0 Å². The van der Waals surface area contributed by atoms with Gasteiger partial charge in [-0.25, -0.2) is 8.78 Å². The minimum absolute atomic E-state index is 0.155. The Labute approximate surface area is 82.2 Å². The molecule has 1 rings (SSSR count). The van der Waals surface area contributed by atoms with Crippen LogP contribution in [0.5, 0.6) is 0 Å². The highest BCUT2D eigenvalue weighted by molar-refractivity contribution is 5.67. The van der Waals surface area contributed by atoms with Gasteiger partial charge in [0.2, 0.25) is 0 Å². The van der Waals surface area contributed by atoms with Crippen LogP contribution in [0.25, 0.3) is 5.57 Å². The van der Waals surface area contributed by atoms with E-state index in [-0.39, 0.29) is 5.69 Å². The van der Waals surface area contributed by atoms with Gasteiger partial charge in [0, 0.05) is 5.56 Å². The molecule has 0 bridgehead atoms. The van der Waals surface area contributed by atoms with Crippen molar-refractivity contribution in [2.45, 2.75) is 20.3 Å². The Balaban J connectivity index is 3.30. The number of rotatable bonds is 2. The fraction of sp³-hybridized carbons (Fsp3) is 0.273. The summed E-state index contributed by atoms with van der Waals surface area (Å²) in [6, 6.07) is 2.89. The van der Waals surface area contributed by atoms with Crippen molar-refractivity contribution in [2.75, 3.05) is 5.73 Å². The molecule has 0 aromatic heterocycles. The van der Waals surface area contributed by atoms with E-state index in [4.69, 9.17) is 5.73 Å². The Bertz CT molecular complexity index is 370. The van der Waals surface area contributed by atoms with Gasteiger partial charge >= 0.3 is 0 Å². The lowest BCUT2D eigenvalue weighted by Crippen LogP contribution is -1.98. The molecule has 0 aliphatic rings. The van der Waals surface area contributed by atoms with Crippen LogP contribution in [0.1, 0.15) is 25.8 Å². The van der Waals surface area contributed by atoms with Crippen molar-refractivity contribution in [1.82, 2.24) is 0 Å². The highest BCUT2D eigenvalue weighted by Gasteiger charge is 2.12. The standard InChI is InChI=1S/C11H13F2N/c1-3-7(4-2)8-5-6-9(14)11(13)10(8)12/h3,5-6H,4,14H2,1-2H3/b7-3+. The summed E-state index contributed by atoms with van der Waals surface area (Å²) in [5, 5.41) is 0. The van der Waals surface area contributed by atoms with Crippen molar-refractivity contribution in [1.29, 1.82) is 0 Å². The van der Waals surface area contributed by atoms with Crippen LogP contribution in [0, 0.1) is 11.6 Å². The number of benzene rings is 1. The van der Waals surface area contributed by atoms with Crippen LogP contribution in [-0.2, 0) is 0 Å². The van der Waals surface area contributed by atoms with Crippen molar-refractivity contribution in [3.05, 3.63) is 35.4 Å². The molecular weight excluding hydrogens is 184 g/mol. The van der Waals surface area contributed by atoms with Crippen molar-refractivity contribution >= 4 is 11.3 Å². The molecule has 1 nitrogen and oxygen atoms in total. The normalized spacial score (nSPS) is 11.9. The van der Waals surface area contributed by atoms with Gasteiger partial charge in [-0.2, -0.15) is 0 Å². The van der Waals surface area contributed by atoms with E-state index in [0.29, 0.717) is 12.0 Å². The quantitative estimate of drug-likeness (QED) is 0.723. The first-order valence-electron chi connectivity index (χ1n) is 4.50. The van der Waals surface area contributed by atoms with Crippen LogP contribution in [0.15, 0.2) is 18.2 Å². The lowest BCUT2D eigenvalue weighted by atomic mass is 10.0. The average Bonchev–Trinajstić information content (AvgIpc) is 2.19. The molecule has 1 aromatic rings. The second kappa shape index (κ2) is 4.22. The maximum atomic E-state index is 13.4. The Hall–Kier alpha value is -1.38. The predicted octanol–water partition coefficient (Wildman–Crippen LogP) is 3.36. The number of allylic oxidation sites excluding steroid dienone is 2. The van der Waals surface area contributed by atoms with Crippen molar-refractivity contribution in [3.8, 4) is 0 Å². The SMILES string of the molecule is C/C=C(\CC)c1ccc(N)c(F)c1F. The van der Waals surface area contributed by atoms with Gasteiger partial charge in [0.25, 0.3) is 0 Å².